The van der Waals surface area contributed by atoms with Gasteiger partial charge in [0.25, 0.3) is 0 Å². The molecule has 0 unspecified atom stereocenters. The monoisotopic (exact) mass is 439 g/mol. The Morgan fingerprint density at radius 3 is 2.23 bits per heavy atom. The fourth-order valence-corrected chi connectivity index (χ4v) is 6.75. The van der Waals surface area contributed by atoms with E-state index in [0.29, 0.717) is 30.0 Å². The van der Waals surface area contributed by atoms with Crippen LogP contribution in [0.15, 0.2) is 36.4 Å². The van der Waals surface area contributed by atoms with E-state index in [1.54, 1.807) is 0 Å². The number of benzene rings is 2. The Morgan fingerprint density at radius 2 is 1.58 bits per heavy atom. The molecule has 0 radical (unpaired) electrons. The molecule has 0 spiro atoms. The smallest absolute Gasteiger partial charge is 0.180 e. The van der Waals surface area contributed by atoms with Gasteiger partial charge in [-0.2, -0.15) is 0 Å². The van der Waals surface area contributed by atoms with Gasteiger partial charge in [0.2, 0.25) is 0 Å². The van der Waals surface area contributed by atoms with Crippen molar-refractivity contribution in [2.24, 2.45) is 23.7 Å². The minimum atomic E-state index is 0.478. The zero-order valence-electron chi connectivity index (χ0n) is 18.7. The van der Waals surface area contributed by atoms with Gasteiger partial charge in [0.05, 0.1) is 11.6 Å². The van der Waals surface area contributed by atoms with Crippen LogP contribution in [-0.4, -0.2) is 12.6 Å². The largest absolute Gasteiger partial charge is 0.490 e. The molecular formula is C27H34ClNO2. The van der Waals surface area contributed by atoms with Gasteiger partial charge in [-0.15, -0.1) is 0 Å². The molecule has 0 amide bonds. The SMILES string of the molecule is CCOc1cc(CNC2C3CC4CC(C3)CC2C4)cc(Cl)c1OCc1ccc(C)cc1. The van der Waals surface area contributed by atoms with Gasteiger partial charge in [-0.25, -0.2) is 0 Å². The molecule has 0 atom stereocenters. The standard InChI is InChI=1S/C27H34ClNO2/c1-3-30-25-14-21(13-24(28)27(25)31-16-18-6-4-17(2)5-7-18)15-29-26-22-9-19-8-20(11-22)12-23(26)10-19/h4-7,13-14,19-20,22-23,26,29H,3,8-12,15-16H2,1-2H3. The summed E-state index contributed by atoms with van der Waals surface area (Å²) >= 11 is 6.67. The summed E-state index contributed by atoms with van der Waals surface area (Å²) in [6.45, 7) is 5.99. The van der Waals surface area contributed by atoms with Crippen molar-refractivity contribution in [2.75, 3.05) is 6.61 Å². The molecule has 3 nitrogen and oxygen atoms in total. The van der Waals surface area contributed by atoms with Crippen LogP contribution >= 0.6 is 11.6 Å². The Bertz CT molecular complexity index is 882. The van der Waals surface area contributed by atoms with Gasteiger partial charge in [0.15, 0.2) is 11.5 Å². The number of hydrogen-bond acceptors (Lipinski definition) is 3. The molecule has 6 rings (SSSR count). The molecule has 0 saturated heterocycles. The fraction of sp³-hybridized carbons (Fsp3) is 0.556. The first-order valence-corrected chi connectivity index (χ1v) is 12.3. The van der Waals surface area contributed by atoms with Crippen LogP contribution in [0.5, 0.6) is 11.5 Å². The van der Waals surface area contributed by atoms with Crippen LogP contribution in [0.3, 0.4) is 0 Å². The average Bonchev–Trinajstić information content (AvgIpc) is 2.74. The van der Waals surface area contributed by atoms with Gasteiger partial charge in [-0.05, 0) is 92.9 Å². The Hall–Kier alpha value is -1.71. The third-order valence-electron chi connectivity index (χ3n) is 7.64. The number of ether oxygens (including phenoxy) is 2. The van der Waals surface area contributed by atoms with Crippen molar-refractivity contribution in [2.45, 2.75) is 65.1 Å². The van der Waals surface area contributed by atoms with Crippen LogP contribution in [0.2, 0.25) is 5.02 Å². The van der Waals surface area contributed by atoms with Crippen molar-refractivity contribution in [3.8, 4) is 11.5 Å². The second kappa shape index (κ2) is 9.03. The van der Waals surface area contributed by atoms with E-state index in [1.165, 1.54) is 43.2 Å². The summed E-state index contributed by atoms with van der Waals surface area (Å²) < 4.78 is 12.0. The van der Waals surface area contributed by atoms with E-state index in [9.17, 15) is 0 Å². The summed E-state index contributed by atoms with van der Waals surface area (Å²) in [6.07, 6.45) is 7.22. The van der Waals surface area contributed by atoms with Crippen LogP contribution in [0.25, 0.3) is 0 Å². The van der Waals surface area contributed by atoms with Crippen molar-refractivity contribution in [3.05, 3.63) is 58.1 Å². The van der Waals surface area contributed by atoms with E-state index in [1.807, 2.05) is 13.0 Å². The molecule has 4 aliphatic rings. The minimum absolute atomic E-state index is 0.478. The Kier molecular flexibility index (Phi) is 6.16. The minimum Gasteiger partial charge on any atom is -0.490 e. The molecule has 1 N–H and O–H groups in total. The normalized spacial score (nSPS) is 28.7. The summed E-state index contributed by atoms with van der Waals surface area (Å²) in [7, 11) is 0. The summed E-state index contributed by atoms with van der Waals surface area (Å²) in [5, 5.41) is 4.53. The highest BCUT2D eigenvalue weighted by Gasteiger charge is 2.47. The van der Waals surface area contributed by atoms with Gasteiger partial charge in [0.1, 0.15) is 6.61 Å². The highest BCUT2D eigenvalue weighted by molar-refractivity contribution is 6.32. The molecule has 4 bridgehead atoms. The quantitative estimate of drug-likeness (QED) is 0.506. The summed E-state index contributed by atoms with van der Waals surface area (Å²) in [5.74, 6) is 5.13. The maximum Gasteiger partial charge on any atom is 0.180 e. The number of hydrogen-bond donors (Lipinski definition) is 1. The highest BCUT2D eigenvalue weighted by atomic mass is 35.5. The first kappa shape index (κ1) is 21.2. The van der Waals surface area contributed by atoms with Gasteiger partial charge in [-0.1, -0.05) is 41.4 Å². The van der Waals surface area contributed by atoms with Gasteiger partial charge in [0, 0.05) is 12.6 Å². The third-order valence-corrected chi connectivity index (χ3v) is 7.92. The first-order valence-electron chi connectivity index (χ1n) is 12.0. The lowest BCUT2D eigenvalue weighted by molar-refractivity contribution is -0.0142. The summed E-state index contributed by atoms with van der Waals surface area (Å²) in [6, 6.07) is 13.2. The van der Waals surface area contributed by atoms with E-state index in [-0.39, 0.29) is 0 Å². The molecule has 4 heteroatoms. The van der Waals surface area contributed by atoms with Gasteiger partial charge >= 0.3 is 0 Å². The van der Waals surface area contributed by atoms with Gasteiger partial charge in [-0.3, -0.25) is 0 Å². The molecule has 2 aromatic carbocycles. The van der Waals surface area contributed by atoms with Crippen LogP contribution in [0.4, 0.5) is 0 Å². The second-order valence-electron chi connectivity index (χ2n) is 9.95. The number of nitrogens with one attached hydrogen (secondary N) is 1. The van der Waals surface area contributed by atoms with Crippen molar-refractivity contribution < 1.29 is 9.47 Å². The van der Waals surface area contributed by atoms with E-state index in [0.717, 1.165) is 41.5 Å². The average molecular weight is 440 g/mol. The van der Waals surface area contributed by atoms with Crippen molar-refractivity contribution >= 4 is 11.6 Å². The molecule has 31 heavy (non-hydrogen) atoms. The maximum atomic E-state index is 6.67. The summed E-state index contributed by atoms with van der Waals surface area (Å²) in [4.78, 5) is 0. The van der Waals surface area contributed by atoms with E-state index >= 15 is 0 Å². The predicted octanol–water partition coefficient (Wildman–Crippen LogP) is 6.54. The Morgan fingerprint density at radius 1 is 0.903 bits per heavy atom. The van der Waals surface area contributed by atoms with E-state index in [2.05, 4.69) is 42.6 Å². The number of halogens is 1. The lowest BCUT2D eigenvalue weighted by Gasteiger charge is -2.54. The number of aryl methyl sites for hydroxylation is 1. The molecule has 4 fully saturated rings. The van der Waals surface area contributed by atoms with Crippen LogP contribution < -0.4 is 14.8 Å². The predicted molar refractivity (Wildman–Crippen MR) is 126 cm³/mol. The van der Waals surface area contributed by atoms with Crippen molar-refractivity contribution in [1.82, 2.24) is 5.32 Å². The second-order valence-corrected chi connectivity index (χ2v) is 10.4. The first-order chi connectivity index (χ1) is 15.1. The molecule has 0 aromatic heterocycles. The summed E-state index contributed by atoms with van der Waals surface area (Å²) in [5.41, 5.74) is 3.54. The molecule has 4 saturated carbocycles. The fourth-order valence-electron chi connectivity index (χ4n) is 6.46. The van der Waals surface area contributed by atoms with Crippen LogP contribution in [-0.2, 0) is 13.2 Å². The van der Waals surface area contributed by atoms with Crippen molar-refractivity contribution in [3.63, 3.8) is 0 Å². The molecule has 2 aromatic rings. The molecule has 0 heterocycles. The Balaban J connectivity index is 1.27. The van der Waals surface area contributed by atoms with E-state index < -0.39 is 0 Å². The lowest BCUT2D eigenvalue weighted by atomic mass is 9.54. The topological polar surface area (TPSA) is 30.5 Å². The molecular weight excluding hydrogens is 406 g/mol. The lowest BCUT2D eigenvalue weighted by Crippen LogP contribution is -2.54. The molecule has 166 valence electrons. The molecule has 4 aliphatic carbocycles. The zero-order valence-corrected chi connectivity index (χ0v) is 19.5. The van der Waals surface area contributed by atoms with Crippen molar-refractivity contribution in [1.29, 1.82) is 0 Å². The van der Waals surface area contributed by atoms with E-state index in [4.69, 9.17) is 21.1 Å². The third kappa shape index (κ3) is 4.59. The van der Waals surface area contributed by atoms with Crippen LogP contribution in [0.1, 0.15) is 55.7 Å². The zero-order chi connectivity index (χ0) is 21.4. The van der Waals surface area contributed by atoms with Gasteiger partial charge < -0.3 is 14.8 Å². The Labute approximate surface area is 191 Å². The molecule has 0 aliphatic heterocycles. The highest BCUT2D eigenvalue weighted by Crippen LogP contribution is 2.53. The maximum absolute atomic E-state index is 6.67. The van der Waals surface area contributed by atoms with Crippen LogP contribution in [0, 0.1) is 30.6 Å². The number of rotatable bonds is 8.